The Morgan fingerprint density at radius 3 is 2.50 bits per heavy atom. The number of rotatable bonds is 5. The molecule has 0 radical (unpaired) electrons. The highest BCUT2D eigenvalue weighted by atomic mass is 16.5. The molecule has 3 heterocycles. The molecule has 156 valence electrons. The molecule has 0 spiro atoms. The molecule has 8 heteroatoms. The molecule has 1 aliphatic rings. The molecule has 30 heavy (non-hydrogen) atoms. The van der Waals surface area contributed by atoms with Gasteiger partial charge in [-0.1, -0.05) is 49.3 Å². The van der Waals surface area contributed by atoms with Gasteiger partial charge in [0.05, 0.1) is 0 Å². The standard InChI is InChI=1S/C22H26N6O2/c1-16(2)21-25-20(26-30-21)18-8-9-19(23-15-18)27-10-12-28(13-11-27)22(29)24-14-17-6-4-3-5-7-17/h3-9,15-16H,10-14H2,1-2H3,(H,24,29). The van der Waals surface area contributed by atoms with Crippen molar-refractivity contribution in [2.24, 2.45) is 0 Å². The number of anilines is 1. The number of carbonyl (C=O) groups excluding carboxylic acids is 1. The average molecular weight is 406 g/mol. The van der Waals surface area contributed by atoms with Crippen LogP contribution in [0.2, 0.25) is 0 Å². The molecule has 2 aromatic heterocycles. The van der Waals surface area contributed by atoms with Gasteiger partial charge < -0.3 is 19.6 Å². The Balaban J connectivity index is 1.29. The molecule has 2 amide bonds. The Morgan fingerprint density at radius 1 is 1.10 bits per heavy atom. The van der Waals surface area contributed by atoms with Crippen LogP contribution in [0.5, 0.6) is 0 Å². The van der Waals surface area contributed by atoms with Gasteiger partial charge in [-0.05, 0) is 17.7 Å². The highest BCUT2D eigenvalue weighted by Gasteiger charge is 2.22. The third-order valence-corrected chi connectivity index (χ3v) is 5.12. The van der Waals surface area contributed by atoms with Crippen molar-refractivity contribution in [2.75, 3.05) is 31.1 Å². The fourth-order valence-corrected chi connectivity index (χ4v) is 3.32. The van der Waals surface area contributed by atoms with Crippen LogP contribution in [0.4, 0.5) is 10.6 Å². The van der Waals surface area contributed by atoms with Crippen molar-refractivity contribution in [1.82, 2.24) is 25.3 Å². The predicted octanol–water partition coefficient (Wildman–Crippen LogP) is 3.29. The molecule has 4 rings (SSSR count). The molecule has 3 aromatic rings. The van der Waals surface area contributed by atoms with E-state index in [2.05, 4.69) is 25.3 Å². The maximum Gasteiger partial charge on any atom is 0.317 e. The monoisotopic (exact) mass is 406 g/mol. The Hall–Kier alpha value is -3.42. The van der Waals surface area contributed by atoms with Crippen LogP contribution < -0.4 is 10.2 Å². The van der Waals surface area contributed by atoms with E-state index in [1.54, 1.807) is 6.20 Å². The van der Waals surface area contributed by atoms with Crippen molar-refractivity contribution in [1.29, 1.82) is 0 Å². The number of pyridine rings is 1. The molecule has 1 N–H and O–H groups in total. The first-order chi connectivity index (χ1) is 14.6. The smallest absolute Gasteiger partial charge is 0.317 e. The van der Waals surface area contributed by atoms with E-state index in [1.807, 2.05) is 61.2 Å². The molecule has 8 nitrogen and oxygen atoms in total. The Morgan fingerprint density at radius 2 is 1.87 bits per heavy atom. The minimum absolute atomic E-state index is 0.0279. The first-order valence-corrected chi connectivity index (χ1v) is 10.2. The van der Waals surface area contributed by atoms with Gasteiger partial charge in [0.2, 0.25) is 11.7 Å². The van der Waals surface area contributed by atoms with Crippen molar-refractivity contribution in [3.63, 3.8) is 0 Å². The first kappa shape index (κ1) is 19.9. The highest BCUT2D eigenvalue weighted by molar-refractivity contribution is 5.74. The van der Waals surface area contributed by atoms with Crippen LogP contribution in [-0.2, 0) is 6.54 Å². The lowest BCUT2D eigenvalue weighted by molar-refractivity contribution is 0.194. The largest absolute Gasteiger partial charge is 0.353 e. The van der Waals surface area contributed by atoms with E-state index < -0.39 is 0 Å². The number of aromatic nitrogens is 3. The number of piperazine rings is 1. The van der Waals surface area contributed by atoms with Crippen LogP contribution >= 0.6 is 0 Å². The van der Waals surface area contributed by atoms with Gasteiger partial charge in [0.25, 0.3) is 0 Å². The molecule has 1 saturated heterocycles. The van der Waals surface area contributed by atoms with Crippen molar-refractivity contribution in [3.05, 3.63) is 60.1 Å². The number of urea groups is 1. The SMILES string of the molecule is CC(C)c1nc(-c2ccc(N3CCN(C(=O)NCc4ccccc4)CC3)nc2)no1. The summed E-state index contributed by atoms with van der Waals surface area (Å²) >= 11 is 0. The second-order valence-corrected chi connectivity index (χ2v) is 7.63. The number of nitrogens with one attached hydrogen (secondary N) is 1. The zero-order valence-electron chi connectivity index (χ0n) is 17.3. The van der Waals surface area contributed by atoms with Crippen molar-refractivity contribution >= 4 is 11.8 Å². The summed E-state index contributed by atoms with van der Waals surface area (Å²) in [6.07, 6.45) is 1.77. The molecule has 1 aromatic carbocycles. The third-order valence-electron chi connectivity index (χ3n) is 5.12. The van der Waals surface area contributed by atoms with E-state index in [-0.39, 0.29) is 11.9 Å². The third kappa shape index (κ3) is 4.59. The maximum absolute atomic E-state index is 12.4. The van der Waals surface area contributed by atoms with E-state index in [0.29, 0.717) is 31.3 Å². The minimum Gasteiger partial charge on any atom is -0.353 e. The number of benzene rings is 1. The number of carbonyl (C=O) groups is 1. The minimum atomic E-state index is -0.0279. The van der Waals surface area contributed by atoms with Crippen molar-refractivity contribution < 1.29 is 9.32 Å². The fourth-order valence-electron chi connectivity index (χ4n) is 3.32. The van der Waals surface area contributed by atoms with Gasteiger partial charge in [-0.3, -0.25) is 0 Å². The van der Waals surface area contributed by atoms with Crippen LogP contribution in [0.3, 0.4) is 0 Å². The summed E-state index contributed by atoms with van der Waals surface area (Å²) < 4.78 is 5.27. The van der Waals surface area contributed by atoms with Crippen molar-refractivity contribution in [2.45, 2.75) is 26.3 Å². The highest BCUT2D eigenvalue weighted by Crippen LogP contribution is 2.21. The maximum atomic E-state index is 12.4. The predicted molar refractivity (Wildman–Crippen MR) is 114 cm³/mol. The quantitative estimate of drug-likeness (QED) is 0.700. The van der Waals surface area contributed by atoms with Gasteiger partial charge in [0.15, 0.2) is 0 Å². The Bertz CT molecular complexity index is 963. The summed E-state index contributed by atoms with van der Waals surface area (Å²) in [6, 6.07) is 13.8. The van der Waals surface area contributed by atoms with Gasteiger partial charge in [-0.2, -0.15) is 4.98 Å². The van der Waals surface area contributed by atoms with Gasteiger partial charge in [0.1, 0.15) is 5.82 Å². The molecular weight excluding hydrogens is 380 g/mol. The van der Waals surface area contributed by atoms with Gasteiger partial charge >= 0.3 is 6.03 Å². The van der Waals surface area contributed by atoms with Crippen LogP contribution in [0, 0.1) is 0 Å². The lowest BCUT2D eigenvalue weighted by Crippen LogP contribution is -2.51. The van der Waals surface area contributed by atoms with Gasteiger partial charge in [0, 0.05) is 50.4 Å². The van der Waals surface area contributed by atoms with E-state index in [4.69, 9.17) is 4.52 Å². The molecule has 0 aliphatic carbocycles. The summed E-state index contributed by atoms with van der Waals surface area (Å²) in [5, 5.41) is 7.02. The molecule has 0 atom stereocenters. The van der Waals surface area contributed by atoms with E-state index in [9.17, 15) is 4.79 Å². The molecule has 1 fully saturated rings. The van der Waals surface area contributed by atoms with Crippen LogP contribution in [0.15, 0.2) is 53.2 Å². The number of hydrogen-bond acceptors (Lipinski definition) is 6. The van der Waals surface area contributed by atoms with Crippen LogP contribution in [0.1, 0.15) is 31.2 Å². The van der Waals surface area contributed by atoms with Gasteiger partial charge in [-0.25, -0.2) is 9.78 Å². The molecular formula is C22H26N6O2. The second kappa shape index (κ2) is 8.94. The summed E-state index contributed by atoms with van der Waals surface area (Å²) in [5.41, 5.74) is 1.92. The summed E-state index contributed by atoms with van der Waals surface area (Å²) in [4.78, 5) is 25.4. The van der Waals surface area contributed by atoms with Crippen LogP contribution in [0.25, 0.3) is 11.4 Å². The van der Waals surface area contributed by atoms with E-state index >= 15 is 0 Å². The Kier molecular flexibility index (Phi) is 5.92. The summed E-state index contributed by atoms with van der Waals surface area (Å²) in [6.45, 7) is 7.37. The van der Waals surface area contributed by atoms with Crippen molar-refractivity contribution in [3.8, 4) is 11.4 Å². The fraction of sp³-hybridized carbons (Fsp3) is 0.364. The lowest BCUT2D eigenvalue weighted by Gasteiger charge is -2.35. The lowest BCUT2D eigenvalue weighted by atomic mass is 10.2. The molecule has 0 saturated carbocycles. The molecule has 1 aliphatic heterocycles. The normalized spacial score (nSPS) is 14.2. The van der Waals surface area contributed by atoms with Crippen LogP contribution in [-0.4, -0.2) is 52.2 Å². The zero-order chi connectivity index (χ0) is 20.9. The topological polar surface area (TPSA) is 87.4 Å². The molecule has 0 bridgehead atoms. The number of amides is 2. The number of nitrogens with zero attached hydrogens (tertiary/aromatic N) is 5. The Labute approximate surface area is 175 Å². The van der Waals surface area contributed by atoms with Gasteiger partial charge in [-0.15, -0.1) is 0 Å². The summed E-state index contributed by atoms with van der Waals surface area (Å²) in [5.74, 6) is 2.25. The van der Waals surface area contributed by atoms with E-state index in [1.165, 1.54) is 0 Å². The van der Waals surface area contributed by atoms with E-state index in [0.717, 1.165) is 30.0 Å². The zero-order valence-corrected chi connectivity index (χ0v) is 17.3. The molecule has 0 unspecified atom stereocenters. The first-order valence-electron chi connectivity index (χ1n) is 10.2. The second-order valence-electron chi connectivity index (χ2n) is 7.63. The number of hydrogen-bond donors (Lipinski definition) is 1. The average Bonchev–Trinajstić information content (AvgIpc) is 3.29. The summed E-state index contributed by atoms with van der Waals surface area (Å²) in [7, 11) is 0.